The average molecular weight is 248 g/mol. The third kappa shape index (κ3) is 2.23. The van der Waals surface area contributed by atoms with E-state index < -0.39 is 18.0 Å². The Kier molecular flexibility index (Phi) is 3.65. The van der Waals surface area contributed by atoms with E-state index in [-0.39, 0.29) is 5.78 Å². The Morgan fingerprint density at radius 3 is 2.78 bits per heavy atom. The predicted octanol–water partition coefficient (Wildman–Crippen LogP) is 1.76. The van der Waals surface area contributed by atoms with Gasteiger partial charge in [0.1, 0.15) is 11.7 Å². The summed E-state index contributed by atoms with van der Waals surface area (Å²) in [6.07, 6.45) is 0.399. The Morgan fingerprint density at radius 2 is 2.17 bits per heavy atom. The molecule has 0 aromatic heterocycles. The number of rotatable bonds is 4. The van der Waals surface area contributed by atoms with Crippen LogP contribution in [0.25, 0.3) is 0 Å². The van der Waals surface area contributed by atoms with Crippen LogP contribution in [0.5, 0.6) is 5.75 Å². The predicted molar refractivity (Wildman–Crippen MR) is 65.4 cm³/mol. The summed E-state index contributed by atoms with van der Waals surface area (Å²) in [7, 11) is 1.29. The van der Waals surface area contributed by atoms with Crippen LogP contribution in [-0.2, 0) is 20.7 Å². The fourth-order valence-corrected chi connectivity index (χ4v) is 2.19. The number of para-hydroxylation sites is 1. The first-order valence-electron chi connectivity index (χ1n) is 6.03. The van der Waals surface area contributed by atoms with Gasteiger partial charge in [0, 0.05) is 6.42 Å². The maximum Gasteiger partial charge on any atom is 0.316 e. The van der Waals surface area contributed by atoms with E-state index in [9.17, 15) is 9.59 Å². The molecule has 2 unspecified atom stereocenters. The third-order valence-electron chi connectivity index (χ3n) is 3.20. The lowest BCUT2D eigenvalue weighted by Crippen LogP contribution is -2.36. The number of benzene rings is 1. The van der Waals surface area contributed by atoms with Crippen LogP contribution in [0.15, 0.2) is 24.3 Å². The van der Waals surface area contributed by atoms with Crippen molar-refractivity contribution in [2.45, 2.75) is 25.9 Å². The van der Waals surface area contributed by atoms with Gasteiger partial charge in [0.15, 0.2) is 11.9 Å². The van der Waals surface area contributed by atoms with E-state index in [1.165, 1.54) is 7.11 Å². The van der Waals surface area contributed by atoms with Crippen molar-refractivity contribution >= 4 is 11.8 Å². The highest BCUT2D eigenvalue weighted by Gasteiger charge is 2.36. The molecule has 0 bridgehead atoms. The number of carbonyl (C=O) groups excluding carboxylic acids is 2. The first-order chi connectivity index (χ1) is 8.67. The van der Waals surface area contributed by atoms with Crippen molar-refractivity contribution in [3.05, 3.63) is 29.8 Å². The average Bonchev–Trinajstić information content (AvgIpc) is 2.82. The molecule has 1 aromatic carbocycles. The number of Topliss-reactive ketones (excluding diaryl/α,β-unsaturated/α-hetero) is 1. The van der Waals surface area contributed by atoms with Crippen molar-refractivity contribution in [1.82, 2.24) is 0 Å². The molecule has 0 amide bonds. The molecule has 0 spiro atoms. The Bertz CT molecular complexity index is 442. The lowest BCUT2D eigenvalue weighted by Gasteiger charge is -2.15. The Labute approximate surface area is 106 Å². The number of methoxy groups -OCH3 is 1. The second-order valence-electron chi connectivity index (χ2n) is 4.30. The van der Waals surface area contributed by atoms with Gasteiger partial charge in [0.2, 0.25) is 0 Å². The topological polar surface area (TPSA) is 52.6 Å². The molecule has 1 aromatic rings. The van der Waals surface area contributed by atoms with Gasteiger partial charge in [-0.15, -0.1) is 0 Å². The second kappa shape index (κ2) is 5.21. The van der Waals surface area contributed by atoms with Gasteiger partial charge in [0.05, 0.1) is 7.11 Å². The number of esters is 1. The van der Waals surface area contributed by atoms with Gasteiger partial charge in [-0.05, 0) is 18.1 Å². The van der Waals surface area contributed by atoms with Gasteiger partial charge >= 0.3 is 5.97 Å². The van der Waals surface area contributed by atoms with Crippen molar-refractivity contribution in [3.8, 4) is 5.75 Å². The van der Waals surface area contributed by atoms with Crippen LogP contribution in [0, 0.1) is 5.92 Å². The molecule has 4 heteroatoms. The van der Waals surface area contributed by atoms with Crippen molar-refractivity contribution in [1.29, 1.82) is 0 Å². The van der Waals surface area contributed by atoms with Gasteiger partial charge in [-0.1, -0.05) is 25.1 Å². The number of hydrogen-bond donors (Lipinski definition) is 0. The molecule has 0 fully saturated rings. The quantitative estimate of drug-likeness (QED) is 0.602. The highest BCUT2D eigenvalue weighted by molar-refractivity contribution is 6.01. The molecule has 1 aliphatic rings. The van der Waals surface area contributed by atoms with E-state index in [0.717, 1.165) is 11.3 Å². The number of fused-ring (bicyclic) bond motifs is 1. The summed E-state index contributed by atoms with van der Waals surface area (Å²) in [6.45, 7) is 1.79. The summed E-state index contributed by atoms with van der Waals surface area (Å²) >= 11 is 0. The Balaban J connectivity index is 2.11. The van der Waals surface area contributed by atoms with Gasteiger partial charge < -0.3 is 9.47 Å². The van der Waals surface area contributed by atoms with E-state index in [1.54, 1.807) is 6.92 Å². The summed E-state index contributed by atoms with van der Waals surface area (Å²) in [5.41, 5.74) is 1.01. The van der Waals surface area contributed by atoms with Gasteiger partial charge in [-0.2, -0.15) is 0 Å². The SMILES string of the molecule is CCC(C(=O)OC)C(=O)C1Cc2ccccc2O1. The summed E-state index contributed by atoms with van der Waals surface area (Å²) in [5.74, 6) is -0.674. The molecule has 0 aliphatic carbocycles. The minimum atomic E-state index is -0.727. The summed E-state index contributed by atoms with van der Waals surface area (Å²) < 4.78 is 10.2. The van der Waals surface area contributed by atoms with Crippen molar-refractivity contribution in [2.24, 2.45) is 5.92 Å². The minimum Gasteiger partial charge on any atom is -0.482 e. The molecule has 96 valence electrons. The number of ketones is 1. The lowest BCUT2D eigenvalue weighted by molar-refractivity contribution is -0.151. The van der Waals surface area contributed by atoms with Crippen LogP contribution in [0.1, 0.15) is 18.9 Å². The van der Waals surface area contributed by atoms with E-state index in [4.69, 9.17) is 4.74 Å². The monoisotopic (exact) mass is 248 g/mol. The Hall–Kier alpha value is -1.84. The maximum absolute atomic E-state index is 12.2. The van der Waals surface area contributed by atoms with E-state index >= 15 is 0 Å². The van der Waals surface area contributed by atoms with Crippen LogP contribution < -0.4 is 4.74 Å². The molecule has 1 heterocycles. The van der Waals surface area contributed by atoms with E-state index in [1.807, 2.05) is 24.3 Å². The van der Waals surface area contributed by atoms with Gasteiger partial charge in [-0.3, -0.25) is 9.59 Å². The van der Waals surface area contributed by atoms with Crippen LogP contribution in [0.2, 0.25) is 0 Å². The van der Waals surface area contributed by atoms with Gasteiger partial charge in [0.25, 0.3) is 0 Å². The smallest absolute Gasteiger partial charge is 0.316 e. The fourth-order valence-electron chi connectivity index (χ4n) is 2.19. The zero-order valence-electron chi connectivity index (χ0n) is 10.5. The lowest BCUT2D eigenvalue weighted by atomic mass is 9.95. The van der Waals surface area contributed by atoms with Crippen molar-refractivity contribution in [2.75, 3.05) is 7.11 Å². The zero-order chi connectivity index (χ0) is 13.1. The summed E-state index contributed by atoms with van der Waals surface area (Å²) in [5, 5.41) is 0. The highest BCUT2D eigenvalue weighted by atomic mass is 16.5. The van der Waals surface area contributed by atoms with Crippen molar-refractivity contribution in [3.63, 3.8) is 0 Å². The molecular formula is C14H16O4. The van der Waals surface area contributed by atoms with Crippen LogP contribution >= 0.6 is 0 Å². The molecule has 1 aliphatic heterocycles. The molecule has 4 nitrogen and oxygen atoms in total. The molecule has 0 saturated carbocycles. The van der Waals surface area contributed by atoms with Crippen LogP contribution in [0.4, 0.5) is 0 Å². The molecule has 18 heavy (non-hydrogen) atoms. The standard InChI is InChI=1S/C14H16O4/c1-3-10(14(16)17-2)13(15)12-8-9-6-4-5-7-11(9)18-12/h4-7,10,12H,3,8H2,1-2H3. The van der Waals surface area contributed by atoms with E-state index in [0.29, 0.717) is 12.8 Å². The summed E-state index contributed by atoms with van der Waals surface area (Å²) in [4.78, 5) is 23.7. The normalized spacial score (nSPS) is 18.7. The molecule has 0 N–H and O–H groups in total. The number of hydrogen-bond acceptors (Lipinski definition) is 4. The first-order valence-corrected chi connectivity index (χ1v) is 6.03. The number of ether oxygens (including phenoxy) is 2. The second-order valence-corrected chi connectivity index (χ2v) is 4.30. The molecule has 2 atom stereocenters. The largest absolute Gasteiger partial charge is 0.482 e. The number of carbonyl (C=O) groups is 2. The third-order valence-corrected chi connectivity index (χ3v) is 3.20. The Morgan fingerprint density at radius 1 is 1.44 bits per heavy atom. The minimum absolute atomic E-state index is 0.194. The summed E-state index contributed by atoms with van der Waals surface area (Å²) in [6, 6.07) is 7.54. The maximum atomic E-state index is 12.2. The highest BCUT2D eigenvalue weighted by Crippen LogP contribution is 2.30. The van der Waals surface area contributed by atoms with Crippen LogP contribution in [0.3, 0.4) is 0 Å². The molecule has 0 radical (unpaired) electrons. The molecule has 0 saturated heterocycles. The zero-order valence-corrected chi connectivity index (χ0v) is 10.5. The molecular weight excluding hydrogens is 232 g/mol. The molecule has 2 rings (SSSR count). The van der Waals surface area contributed by atoms with Gasteiger partial charge in [-0.25, -0.2) is 0 Å². The first kappa shape index (κ1) is 12.6. The van der Waals surface area contributed by atoms with Crippen molar-refractivity contribution < 1.29 is 19.1 Å². The van der Waals surface area contributed by atoms with Crippen LogP contribution in [-0.4, -0.2) is 25.0 Å². The fraction of sp³-hybridized carbons (Fsp3) is 0.429. The van der Waals surface area contributed by atoms with E-state index in [2.05, 4.69) is 4.74 Å².